The van der Waals surface area contributed by atoms with Crippen LogP contribution in [0.3, 0.4) is 0 Å². The molecular formula is C22H28N4O3. The summed E-state index contributed by atoms with van der Waals surface area (Å²) in [6, 6.07) is 13.8. The van der Waals surface area contributed by atoms with Crippen LogP contribution >= 0.6 is 0 Å². The lowest BCUT2D eigenvalue weighted by atomic mass is 10.1. The van der Waals surface area contributed by atoms with Gasteiger partial charge in [-0.2, -0.15) is 0 Å². The fourth-order valence-corrected chi connectivity index (χ4v) is 2.77. The van der Waals surface area contributed by atoms with E-state index in [0.717, 1.165) is 5.69 Å². The number of anilines is 2. The summed E-state index contributed by atoms with van der Waals surface area (Å²) in [6.45, 7) is 5.31. The zero-order valence-corrected chi connectivity index (χ0v) is 17.4. The molecule has 0 aliphatic carbocycles. The van der Waals surface area contributed by atoms with E-state index in [1.54, 1.807) is 67.5 Å². The molecule has 0 fully saturated rings. The maximum absolute atomic E-state index is 12.3. The van der Waals surface area contributed by atoms with E-state index in [9.17, 15) is 14.4 Å². The third-order valence-electron chi connectivity index (χ3n) is 4.46. The van der Waals surface area contributed by atoms with Crippen molar-refractivity contribution in [2.75, 3.05) is 44.4 Å². The maximum Gasteiger partial charge on any atom is 0.253 e. The Bertz CT molecular complexity index is 841. The van der Waals surface area contributed by atoms with Crippen molar-refractivity contribution < 1.29 is 14.4 Å². The second kappa shape index (κ2) is 10.3. The topological polar surface area (TPSA) is 81.8 Å². The normalized spacial score (nSPS) is 10.2. The summed E-state index contributed by atoms with van der Waals surface area (Å²) in [6.07, 6.45) is 0. The van der Waals surface area contributed by atoms with Crippen molar-refractivity contribution >= 4 is 29.1 Å². The van der Waals surface area contributed by atoms with Crippen LogP contribution in [0.5, 0.6) is 0 Å². The molecule has 3 amide bonds. The van der Waals surface area contributed by atoms with Gasteiger partial charge in [0.05, 0.1) is 6.54 Å². The van der Waals surface area contributed by atoms with Gasteiger partial charge in [-0.1, -0.05) is 0 Å². The molecular weight excluding hydrogens is 368 g/mol. The number of hydrogen-bond donors (Lipinski definition) is 2. The van der Waals surface area contributed by atoms with Gasteiger partial charge in [0.1, 0.15) is 0 Å². The van der Waals surface area contributed by atoms with Crippen molar-refractivity contribution in [2.24, 2.45) is 0 Å². The van der Waals surface area contributed by atoms with Crippen molar-refractivity contribution in [3.63, 3.8) is 0 Å². The third-order valence-corrected chi connectivity index (χ3v) is 4.46. The average molecular weight is 396 g/mol. The number of carbonyl (C=O) groups is 3. The van der Waals surface area contributed by atoms with Gasteiger partial charge in [0.25, 0.3) is 11.8 Å². The molecule has 0 spiro atoms. The standard InChI is InChI=1S/C22H28N4O3/c1-5-26(6-2)22(29)17-7-11-18(12-8-17)23-15-20(27)24-19-13-9-16(10-14-19)21(28)25(3)4/h7-14,23H,5-6,15H2,1-4H3,(H,24,27). The lowest BCUT2D eigenvalue weighted by Crippen LogP contribution is -2.30. The van der Waals surface area contributed by atoms with Gasteiger partial charge in [-0.3, -0.25) is 14.4 Å². The Kier molecular flexibility index (Phi) is 7.77. The Morgan fingerprint density at radius 3 is 1.72 bits per heavy atom. The monoisotopic (exact) mass is 396 g/mol. The molecule has 0 heterocycles. The van der Waals surface area contributed by atoms with Gasteiger partial charge in [-0.15, -0.1) is 0 Å². The molecule has 0 aliphatic rings. The van der Waals surface area contributed by atoms with Crippen molar-refractivity contribution in [1.29, 1.82) is 0 Å². The van der Waals surface area contributed by atoms with Crippen LogP contribution in [-0.4, -0.2) is 61.3 Å². The summed E-state index contributed by atoms with van der Waals surface area (Å²) in [5.41, 5.74) is 2.55. The van der Waals surface area contributed by atoms with Crippen LogP contribution in [0.15, 0.2) is 48.5 Å². The zero-order chi connectivity index (χ0) is 21.4. The van der Waals surface area contributed by atoms with E-state index in [-0.39, 0.29) is 24.3 Å². The highest BCUT2D eigenvalue weighted by Gasteiger charge is 2.12. The highest BCUT2D eigenvalue weighted by atomic mass is 16.2. The van der Waals surface area contributed by atoms with E-state index >= 15 is 0 Å². The Morgan fingerprint density at radius 1 is 0.759 bits per heavy atom. The Labute approximate surface area is 171 Å². The van der Waals surface area contributed by atoms with E-state index in [1.165, 1.54) is 4.90 Å². The minimum absolute atomic E-state index is 0.00418. The van der Waals surface area contributed by atoms with Gasteiger partial charge in [0.2, 0.25) is 5.91 Å². The minimum atomic E-state index is -0.208. The molecule has 0 atom stereocenters. The number of carbonyl (C=O) groups excluding carboxylic acids is 3. The number of benzene rings is 2. The van der Waals surface area contributed by atoms with Crippen LogP contribution in [0.1, 0.15) is 34.6 Å². The van der Waals surface area contributed by atoms with Crippen molar-refractivity contribution in [2.45, 2.75) is 13.8 Å². The molecule has 0 aromatic heterocycles. The van der Waals surface area contributed by atoms with E-state index < -0.39 is 0 Å². The summed E-state index contributed by atoms with van der Waals surface area (Å²) in [5.74, 6) is -0.303. The Hall–Kier alpha value is -3.35. The lowest BCUT2D eigenvalue weighted by molar-refractivity contribution is -0.114. The largest absolute Gasteiger partial charge is 0.376 e. The summed E-state index contributed by atoms with van der Waals surface area (Å²) >= 11 is 0. The number of nitrogens with zero attached hydrogens (tertiary/aromatic N) is 2. The minimum Gasteiger partial charge on any atom is -0.376 e. The third kappa shape index (κ3) is 6.07. The van der Waals surface area contributed by atoms with Gasteiger partial charge in [0.15, 0.2) is 0 Å². The molecule has 0 aliphatic heterocycles. The fraction of sp³-hybridized carbons (Fsp3) is 0.318. The number of rotatable bonds is 8. The number of amides is 3. The summed E-state index contributed by atoms with van der Waals surface area (Å²) < 4.78 is 0. The Balaban J connectivity index is 1.87. The molecule has 0 bridgehead atoms. The van der Waals surface area contributed by atoms with Crippen LogP contribution < -0.4 is 10.6 Å². The molecule has 2 rings (SSSR count). The molecule has 7 nitrogen and oxygen atoms in total. The first-order chi connectivity index (χ1) is 13.8. The number of hydrogen-bond acceptors (Lipinski definition) is 4. The van der Waals surface area contributed by atoms with Crippen LogP contribution in [-0.2, 0) is 4.79 Å². The number of nitrogens with one attached hydrogen (secondary N) is 2. The molecule has 0 saturated heterocycles. The van der Waals surface area contributed by atoms with Crippen molar-refractivity contribution in [3.8, 4) is 0 Å². The first-order valence-electron chi connectivity index (χ1n) is 9.60. The quantitative estimate of drug-likeness (QED) is 0.719. The highest BCUT2D eigenvalue weighted by Crippen LogP contribution is 2.13. The fourth-order valence-electron chi connectivity index (χ4n) is 2.77. The zero-order valence-electron chi connectivity index (χ0n) is 17.4. The van der Waals surface area contributed by atoms with E-state index in [1.807, 2.05) is 13.8 Å². The van der Waals surface area contributed by atoms with E-state index in [2.05, 4.69) is 10.6 Å². The summed E-state index contributed by atoms with van der Waals surface area (Å²) in [7, 11) is 3.38. The summed E-state index contributed by atoms with van der Waals surface area (Å²) in [4.78, 5) is 39.6. The molecule has 2 aromatic carbocycles. The first kappa shape index (κ1) is 21.9. The maximum atomic E-state index is 12.3. The molecule has 7 heteroatoms. The molecule has 154 valence electrons. The predicted molar refractivity (Wildman–Crippen MR) is 115 cm³/mol. The van der Waals surface area contributed by atoms with Gasteiger partial charge >= 0.3 is 0 Å². The molecule has 29 heavy (non-hydrogen) atoms. The molecule has 2 N–H and O–H groups in total. The van der Waals surface area contributed by atoms with E-state index in [0.29, 0.717) is 29.9 Å². The summed E-state index contributed by atoms with van der Waals surface area (Å²) in [5, 5.41) is 5.81. The van der Waals surface area contributed by atoms with Crippen molar-refractivity contribution in [1.82, 2.24) is 9.80 Å². The Morgan fingerprint density at radius 2 is 1.24 bits per heavy atom. The van der Waals surface area contributed by atoms with E-state index in [4.69, 9.17) is 0 Å². The van der Waals surface area contributed by atoms with Gasteiger partial charge in [-0.05, 0) is 62.4 Å². The smallest absolute Gasteiger partial charge is 0.253 e. The molecule has 2 aromatic rings. The molecule has 0 saturated carbocycles. The second-order valence-corrected chi connectivity index (χ2v) is 6.73. The van der Waals surface area contributed by atoms with Crippen LogP contribution in [0, 0.1) is 0 Å². The van der Waals surface area contributed by atoms with Gasteiger partial charge in [0, 0.05) is 49.7 Å². The molecule has 0 unspecified atom stereocenters. The predicted octanol–water partition coefficient (Wildman–Crippen LogP) is 2.92. The first-order valence-corrected chi connectivity index (χ1v) is 9.60. The highest BCUT2D eigenvalue weighted by molar-refractivity contribution is 5.97. The van der Waals surface area contributed by atoms with Gasteiger partial charge < -0.3 is 20.4 Å². The van der Waals surface area contributed by atoms with Crippen molar-refractivity contribution in [3.05, 3.63) is 59.7 Å². The van der Waals surface area contributed by atoms with Crippen LogP contribution in [0.25, 0.3) is 0 Å². The van der Waals surface area contributed by atoms with Crippen LogP contribution in [0.2, 0.25) is 0 Å². The lowest BCUT2D eigenvalue weighted by Gasteiger charge is -2.18. The average Bonchev–Trinajstić information content (AvgIpc) is 2.73. The molecule has 0 radical (unpaired) electrons. The van der Waals surface area contributed by atoms with Gasteiger partial charge in [-0.25, -0.2) is 0 Å². The second-order valence-electron chi connectivity index (χ2n) is 6.73. The SMILES string of the molecule is CCN(CC)C(=O)c1ccc(NCC(=O)Nc2ccc(C(=O)N(C)C)cc2)cc1. The van der Waals surface area contributed by atoms with Crippen LogP contribution in [0.4, 0.5) is 11.4 Å².